The lowest BCUT2D eigenvalue weighted by Crippen LogP contribution is -2.49. The number of hydrogen-bond donors (Lipinski definition) is 0. The summed E-state index contributed by atoms with van der Waals surface area (Å²) >= 11 is 3.53. The quantitative estimate of drug-likeness (QED) is 0.816. The number of pyridine rings is 1. The van der Waals surface area contributed by atoms with Crippen LogP contribution in [-0.2, 0) is 10.0 Å². The zero-order valence-corrected chi connectivity index (χ0v) is 14.8. The van der Waals surface area contributed by atoms with Gasteiger partial charge in [0.15, 0.2) is 0 Å². The van der Waals surface area contributed by atoms with Gasteiger partial charge in [-0.15, -0.1) is 0 Å². The summed E-state index contributed by atoms with van der Waals surface area (Å²) in [6, 6.07) is 10.0. The van der Waals surface area contributed by atoms with Crippen LogP contribution in [0.3, 0.4) is 0 Å². The van der Waals surface area contributed by atoms with Crippen LogP contribution in [0.15, 0.2) is 34.8 Å². The van der Waals surface area contributed by atoms with Gasteiger partial charge in [-0.3, -0.25) is 0 Å². The Kier molecular flexibility index (Phi) is 4.38. The van der Waals surface area contributed by atoms with E-state index in [2.05, 4.69) is 26.9 Å². The molecule has 0 bridgehead atoms. The Bertz CT molecular complexity index is 786. The van der Waals surface area contributed by atoms with E-state index in [0.717, 1.165) is 21.2 Å². The fourth-order valence-corrected chi connectivity index (χ4v) is 4.21. The third kappa shape index (κ3) is 2.98. The van der Waals surface area contributed by atoms with E-state index in [1.54, 1.807) is 11.2 Å². The number of benzene rings is 1. The van der Waals surface area contributed by atoms with Gasteiger partial charge in [0, 0.05) is 36.0 Å². The molecular weight excluding hydrogens is 366 g/mol. The van der Waals surface area contributed by atoms with Gasteiger partial charge in [-0.2, -0.15) is 4.31 Å². The van der Waals surface area contributed by atoms with Crippen molar-refractivity contribution in [3.05, 3.63) is 34.8 Å². The van der Waals surface area contributed by atoms with Gasteiger partial charge in [0.05, 0.1) is 11.3 Å². The molecule has 118 valence electrons. The third-order valence-electron chi connectivity index (χ3n) is 3.98. The van der Waals surface area contributed by atoms with E-state index in [-0.39, 0.29) is 5.75 Å². The summed E-state index contributed by atoms with van der Waals surface area (Å²) in [5.41, 5.74) is 0.934. The number of anilines is 1. The molecule has 0 atom stereocenters. The highest BCUT2D eigenvalue weighted by atomic mass is 79.9. The molecule has 1 aromatic heterocycles. The highest BCUT2D eigenvalue weighted by Gasteiger charge is 2.26. The van der Waals surface area contributed by atoms with Crippen molar-refractivity contribution in [3.8, 4) is 0 Å². The van der Waals surface area contributed by atoms with Crippen molar-refractivity contribution in [2.45, 2.75) is 6.92 Å². The molecular formula is C15H18BrN3O2S. The topological polar surface area (TPSA) is 53.5 Å². The van der Waals surface area contributed by atoms with Crippen molar-refractivity contribution >= 4 is 42.7 Å². The second-order valence-corrected chi connectivity index (χ2v) is 8.38. The number of aromatic nitrogens is 1. The molecule has 0 spiro atoms. The summed E-state index contributed by atoms with van der Waals surface area (Å²) < 4.78 is 26.3. The highest BCUT2D eigenvalue weighted by molar-refractivity contribution is 9.10. The molecule has 1 fully saturated rings. The van der Waals surface area contributed by atoms with Crippen molar-refractivity contribution in [1.82, 2.24) is 9.29 Å². The van der Waals surface area contributed by atoms with Crippen molar-refractivity contribution in [1.29, 1.82) is 0 Å². The van der Waals surface area contributed by atoms with Crippen molar-refractivity contribution in [2.75, 3.05) is 36.8 Å². The van der Waals surface area contributed by atoms with E-state index in [4.69, 9.17) is 4.98 Å². The molecule has 0 unspecified atom stereocenters. The number of para-hydroxylation sites is 1. The predicted octanol–water partition coefficient (Wildman–Crippen LogP) is 2.47. The molecule has 3 rings (SSSR count). The maximum Gasteiger partial charge on any atom is 0.213 e. The van der Waals surface area contributed by atoms with Crippen LogP contribution in [0.2, 0.25) is 0 Å². The van der Waals surface area contributed by atoms with Crippen molar-refractivity contribution in [3.63, 3.8) is 0 Å². The fourth-order valence-electron chi connectivity index (χ4n) is 2.65. The normalized spacial score (nSPS) is 17.1. The monoisotopic (exact) mass is 383 g/mol. The first-order chi connectivity index (χ1) is 10.5. The van der Waals surface area contributed by atoms with Crippen LogP contribution in [0.4, 0.5) is 5.82 Å². The molecule has 1 aliphatic rings. The number of rotatable bonds is 3. The van der Waals surface area contributed by atoms with Gasteiger partial charge in [0.1, 0.15) is 5.82 Å². The van der Waals surface area contributed by atoms with E-state index in [1.807, 2.05) is 24.3 Å². The summed E-state index contributed by atoms with van der Waals surface area (Å²) in [5, 5.41) is 1.09. The standard InChI is InChI=1S/C15H18BrN3O2S/c1-2-22(20,21)19-10-8-18(9-11-19)14-7-6-12-4-3-5-13(16)15(12)17-14/h3-7H,2,8-11H2,1H3. The Morgan fingerprint density at radius 3 is 2.55 bits per heavy atom. The molecule has 22 heavy (non-hydrogen) atoms. The molecule has 0 N–H and O–H groups in total. The number of sulfonamides is 1. The van der Waals surface area contributed by atoms with E-state index in [1.165, 1.54) is 0 Å². The maximum absolute atomic E-state index is 11.9. The van der Waals surface area contributed by atoms with Crippen LogP contribution in [-0.4, -0.2) is 49.6 Å². The molecule has 2 heterocycles. The van der Waals surface area contributed by atoms with Crippen LogP contribution in [0.1, 0.15) is 6.92 Å². The van der Waals surface area contributed by atoms with Crippen LogP contribution >= 0.6 is 15.9 Å². The summed E-state index contributed by atoms with van der Waals surface area (Å²) in [7, 11) is -3.09. The number of piperazine rings is 1. The highest BCUT2D eigenvalue weighted by Crippen LogP contribution is 2.25. The largest absolute Gasteiger partial charge is 0.354 e. The van der Waals surface area contributed by atoms with Gasteiger partial charge in [-0.05, 0) is 41.1 Å². The molecule has 1 aliphatic heterocycles. The summed E-state index contributed by atoms with van der Waals surface area (Å²) in [6.07, 6.45) is 0. The summed E-state index contributed by atoms with van der Waals surface area (Å²) in [4.78, 5) is 6.86. The van der Waals surface area contributed by atoms with E-state index in [9.17, 15) is 8.42 Å². The van der Waals surface area contributed by atoms with Gasteiger partial charge in [0.25, 0.3) is 0 Å². The lowest BCUT2D eigenvalue weighted by Gasteiger charge is -2.34. The molecule has 7 heteroatoms. The lowest BCUT2D eigenvalue weighted by atomic mass is 10.2. The van der Waals surface area contributed by atoms with Gasteiger partial charge in [0.2, 0.25) is 10.0 Å². The average Bonchev–Trinajstić information content (AvgIpc) is 2.55. The first kappa shape index (κ1) is 15.7. The smallest absolute Gasteiger partial charge is 0.213 e. The van der Waals surface area contributed by atoms with E-state index < -0.39 is 10.0 Å². The fraction of sp³-hybridized carbons (Fsp3) is 0.400. The van der Waals surface area contributed by atoms with E-state index >= 15 is 0 Å². The molecule has 0 radical (unpaired) electrons. The first-order valence-electron chi connectivity index (χ1n) is 7.29. The Morgan fingerprint density at radius 1 is 1.14 bits per heavy atom. The maximum atomic E-state index is 11.9. The predicted molar refractivity (Wildman–Crippen MR) is 92.7 cm³/mol. The Labute approximate surface area is 139 Å². The van der Waals surface area contributed by atoms with E-state index in [0.29, 0.717) is 26.2 Å². The summed E-state index contributed by atoms with van der Waals surface area (Å²) in [5.74, 6) is 1.06. The van der Waals surface area contributed by atoms with Crippen molar-refractivity contribution in [2.24, 2.45) is 0 Å². The van der Waals surface area contributed by atoms with Crippen LogP contribution < -0.4 is 4.90 Å². The van der Waals surface area contributed by atoms with Gasteiger partial charge >= 0.3 is 0 Å². The van der Waals surface area contributed by atoms with Crippen molar-refractivity contribution < 1.29 is 8.42 Å². The number of fused-ring (bicyclic) bond motifs is 1. The molecule has 2 aromatic rings. The van der Waals surface area contributed by atoms with Gasteiger partial charge in [-0.1, -0.05) is 12.1 Å². The average molecular weight is 384 g/mol. The molecule has 0 amide bonds. The molecule has 0 saturated carbocycles. The minimum atomic E-state index is -3.09. The first-order valence-corrected chi connectivity index (χ1v) is 9.69. The molecule has 5 nitrogen and oxygen atoms in total. The number of halogens is 1. The molecule has 0 aliphatic carbocycles. The van der Waals surface area contributed by atoms with Crippen LogP contribution in [0.25, 0.3) is 10.9 Å². The summed E-state index contributed by atoms with van der Waals surface area (Å²) in [6.45, 7) is 4.06. The third-order valence-corrected chi connectivity index (χ3v) is 6.50. The Hall–Kier alpha value is -1.18. The van der Waals surface area contributed by atoms with Crippen LogP contribution in [0.5, 0.6) is 0 Å². The number of hydrogen-bond acceptors (Lipinski definition) is 4. The Balaban J connectivity index is 1.81. The second-order valence-electron chi connectivity index (χ2n) is 5.27. The molecule has 1 aromatic carbocycles. The zero-order chi connectivity index (χ0) is 15.7. The van der Waals surface area contributed by atoms with Crippen LogP contribution in [0, 0.1) is 0 Å². The second kappa shape index (κ2) is 6.14. The number of nitrogens with zero attached hydrogens (tertiary/aromatic N) is 3. The lowest BCUT2D eigenvalue weighted by molar-refractivity contribution is 0.384. The zero-order valence-electron chi connectivity index (χ0n) is 12.4. The van der Waals surface area contributed by atoms with Gasteiger partial charge in [-0.25, -0.2) is 13.4 Å². The minimum absolute atomic E-state index is 0.161. The SMILES string of the molecule is CCS(=O)(=O)N1CCN(c2ccc3cccc(Br)c3n2)CC1. The molecule has 1 saturated heterocycles. The Morgan fingerprint density at radius 2 is 1.86 bits per heavy atom. The van der Waals surface area contributed by atoms with Gasteiger partial charge < -0.3 is 4.90 Å². The minimum Gasteiger partial charge on any atom is -0.354 e.